The summed E-state index contributed by atoms with van der Waals surface area (Å²) in [5.41, 5.74) is 1.44. The van der Waals surface area contributed by atoms with Gasteiger partial charge in [0.15, 0.2) is 0 Å². The standard InChI is InChI=1S/C18H13Cl3N4O2/c1-27-18(25-16(26)9-23)24-12-6-14(20)17(15(21)7-12)13(8-22)10-2-4-11(19)5-3-10/h2-7,9,13,23H,1H3,(H,24,25,26). The highest BCUT2D eigenvalue weighted by Crippen LogP contribution is 2.38. The van der Waals surface area contributed by atoms with Crippen LogP contribution in [0, 0.1) is 16.7 Å². The monoisotopic (exact) mass is 422 g/mol. The van der Waals surface area contributed by atoms with Gasteiger partial charge < -0.3 is 10.1 Å². The summed E-state index contributed by atoms with van der Waals surface area (Å²) in [5.74, 6) is -1.39. The molecule has 0 spiro atoms. The van der Waals surface area contributed by atoms with Crippen LogP contribution in [0.1, 0.15) is 17.0 Å². The highest BCUT2D eigenvalue weighted by Gasteiger charge is 2.21. The largest absolute Gasteiger partial charge is 0.468 e. The molecule has 0 aliphatic heterocycles. The minimum absolute atomic E-state index is 0.127. The molecule has 0 aliphatic carbocycles. The number of hydrogen-bond acceptors (Lipinski definition) is 5. The second-order valence-electron chi connectivity index (χ2n) is 5.19. The Morgan fingerprint density at radius 3 is 2.33 bits per heavy atom. The van der Waals surface area contributed by atoms with E-state index in [4.69, 9.17) is 44.9 Å². The molecule has 0 saturated heterocycles. The molecule has 2 N–H and O–H groups in total. The van der Waals surface area contributed by atoms with Crippen LogP contribution < -0.4 is 5.32 Å². The van der Waals surface area contributed by atoms with Crippen molar-refractivity contribution < 1.29 is 9.53 Å². The summed E-state index contributed by atoms with van der Waals surface area (Å²) in [6.45, 7) is 0. The van der Waals surface area contributed by atoms with E-state index in [9.17, 15) is 10.1 Å². The van der Waals surface area contributed by atoms with Crippen molar-refractivity contribution >= 4 is 58.6 Å². The Morgan fingerprint density at radius 1 is 1.26 bits per heavy atom. The molecule has 0 saturated carbocycles. The highest BCUT2D eigenvalue weighted by molar-refractivity contribution is 6.36. The second-order valence-corrected chi connectivity index (χ2v) is 6.44. The van der Waals surface area contributed by atoms with Crippen LogP contribution in [0.25, 0.3) is 0 Å². The number of amides is 1. The zero-order valence-corrected chi connectivity index (χ0v) is 16.2. The summed E-state index contributed by atoms with van der Waals surface area (Å²) in [7, 11) is 1.31. The van der Waals surface area contributed by atoms with Gasteiger partial charge in [0.2, 0.25) is 0 Å². The number of methoxy groups -OCH3 is 1. The van der Waals surface area contributed by atoms with Crippen LogP contribution in [0.3, 0.4) is 0 Å². The highest BCUT2D eigenvalue weighted by atomic mass is 35.5. The Kier molecular flexibility index (Phi) is 7.19. The third-order valence-electron chi connectivity index (χ3n) is 3.47. The second kappa shape index (κ2) is 9.38. The van der Waals surface area contributed by atoms with Crippen molar-refractivity contribution in [3.8, 4) is 6.07 Å². The quantitative estimate of drug-likeness (QED) is 0.550. The molecule has 2 rings (SSSR count). The maximum atomic E-state index is 11.3. The molecule has 0 heterocycles. The lowest BCUT2D eigenvalue weighted by Gasteiger charge is -2.15. The van der Waals surface area contributed by atoms with Gasteiger partial charge in [-0.15, -0.1) is 0 Å². The number of rotatable bonds is 4. The van der Waals surface area contributed by atoms with Crippen molar-refractivity contribution in [2.45, 2.75) is 5.92 Å². The number of halogens is 3. The smallest absolute Gasteiger partial charge is 0.296 e. The minimum Gasteiger partial charge on any atom is -0.468 e. The average Bonchev–Trinajstić information content (AvgIpc) is 2.64. The normalized spacial score (nSPS) is 12.0. The van der Waals surface area contributed by atoms with Gasteiger partial charge in [0.05, 0.1) is 31.0 Å². The molecule has 9 heteroatoms. The van der Waals surface area contributed by atoms with E-state index in [0.29, 0.717) is 28.1 Å². The molecule has 1 atom stereocenters. The number of nitriles is 1. The Labute approximate surface area is 170 Å². The van der Waals surface area contributed by atoms with Gasteiger partial charge in [-0.1, -0.05) is 46.9 Å². The van der Waals surface area contributed by atoms with Crippen LogP contribution >= 0.6 is 34.8 Å². The SMILES string of the molecule is COC(=Nc1cc(Cl)c(C(C#N)c2ccc(Cl)cc2)c(Cl)c1)NC(=O)C=N. The van der Waals surface area contributed by atoms with Crippen molar-refractivity contribution in [1.82, 2.24) is 5.32 Å². The molecule has 0 fully saturated rings. The van der Waals surface area contributed by atoms with Crippen molar-refractivity contribution in [2.75, 3.05) is 7.11 Å². The van der Waals surface area contributed by atoms with Gasteiger partial charge in [0.25, 0.3) is 11.9 Å². The van der Waals surface area contributed by atoms with Gasteiger partial charge in [-0.25, -0.2) is 0 Å². The number of carbonyl (C=O) groups is 1. The molecule has 0 aliphatic rings. The maximum absolute atomic E-state index is 11.3. The Hall–Kier alpha value is -2.59. The molecule has 27 heavy (non-hydrogen) atoms. The van der Waals surface area contributed by atoms with Gasteiger partial charge in [-0.3, -0.25) is 10.1 Å². The third kappa shape index (κ3) is 5.20. The van der Waals surface area contributed by atoms with E-state index in [1.54, 1.807) is 24.3 Å². The Bertz CT molecular complexity index is 914. The number of nitrogens with zero attached hydrogens (tertiary/aromatic N) is 2. The molecule has 138 valence electrons. The number of aliphatic imine (C=N–C) groups is 1. The fourth-order valence-electron chi connectivity index (χ4n) is 2.26. The zero-order valence-electron chi connectivity index (χ0n) is 14.0. The van der Waals surface area contributed by atoms with Crippen molar-refractivity contribution in [2.24, 2.45) is 4.99 Å². The number of ether oxygens (including phenoxy) is 1. The molecular formula is C18H13Cl3N4O2. The number of benzene rings is 2. The fraction of sp³-hybridized carbons (Fsp3) is 0.111. The van der Waals surface area contributed by atoms with E-state index in [0.717, 1.165) is 0 Å². The molecule has 2 aromatic rings. The molecular weight excluding hydrogens is 411 g/mol. The van der Waals surface area contributed by atoms with Gasteiger partial charge >= 0.3 is 0 Å². The van der Waals surface area contributed by atoms with Crippen LogP contribution in [0.15, 0.2) is 41.4 Å². The summed E-state index contributed by atoms with van der Waals surface area (Å²) in [4.78, 5) is 15.3. The van der Waals surface area contributed by atoms with E-state index in [1.165, 1.54) is 19.2 Å². The van der Waals surface area contributed by atoms with E-state index in [2.05, 4.69) is 16.4 Å². The van der Waals surface area contributed by atoms with Gasteiger partial charge in [-0.2, -0.15) is 10.3 Å². The number of hydrogen-bond donors (Lipinski definition) is 2. The first-order chi connectivity index (χ1) is 12.9. The van der Waals surface area contributed by atoms with Crippen molar-refractivity contribution in [1.29, 1.82) is 10.7 Å². The predicted molar refractivity (Wildman–Crippen MR) is 106 cm³/mol. The van der Waals surface area contributed by atoms with E-state index < -0.39 is 11.8 Å². The Morgan fingerprint density at radius 2 is 1.85 bits per heavy atom. The van der Waals surface area contributed by atoms with Crippen LogP contribution in [-0.4, -0.2) is 25.3 Å². The summed E-state index contributed by atoms with van der Waals surface area (Å²) in [6.07, 6.45) is 0.585. The van der Waals surface area contributed by atoms with E-state index in [1.807, 2.05) is 0 Å². The first-order valence-electron chi connectivity index (χ1n) is 7.47. The van der Waals surface area contributed by atoms with Crippen LogP contribution in [-0.2, 0) is 9.53 Å². The molecule has 1 unspecified atom stereocenters. The maximum Gasteiger partial charge on any atom is 0.296 e. The van der Waals surface area contributed by atoms with E-state index >= 15 is 0 Å². The van der Waals surface area contributed by atoms with Gasteiger partial charge in [0, 0.05) is 20.6 Å². The minimum atomic E-state index is -0.698. The van der Waals surface area contributed by atoms with Crippen LogP contribution in [0.5, 0.6) is 0 Å². The molecule has 0 radical (unpaired) electrons. The molecule has 2 aromatic carbocycles. The van der Waals surface area contributed by atoms with Crippen LogP contribution in [0.2, 0.25) is 15.1 Å². The van der Waals surface area contributed by atoms with E-state index in [-0.39, 0.29) is 16.1 Å². The van der Waals surface area contributed by atoms with Crippen LogP contribution in [0.4, 0.5) is 5.69 Å². The summed E-state index contributed by atoms with van der Waals surface area (Å²) < 4.78 is 4.95. The van der Waals surface area contributed by atoms with Gasteiger partial charge in [-0.05, 0) is 29.8 Å². The summed E-state index contributed by atoms with van der Waals surface area (Å²) in [5, 5.41) is 19.8. The number of nitrogens with one attached hydrogen (secondary N) is 2. The lowest BCUT2D eigenvalue weighted by Crippen LogP contribution is -2.32. The summed E-state index contributed by atoms with van der Waals surface area (Å²) in [6, 6.07) is 11.9. The lowest BCUT2D eigenvalue weighted by molar-refractivity contribution is -0.113. The lowest BCUT2D eigenvalue weighted by atomic mass is 9.92. The number of amidine groups is 1. The first-order valence-corrected chi connectivity index (χ1v) is 8.61. The molecule has 0 aromatic heterocycles. The molecule has 6 nitrogen and oxygen atoms in total. The number of carbonyl (C=O) groups excluding carboxylic acids is 1. The fourth-order valence-corrected chi connectivity index (χ4v) is 3.08. The van der Waals surface area contributed by atoms with Crippen molar-refractivity contribution in [3.05, 3.63) is 62.6 Å². The summed E-state index contributed by atoms with van der Waals surface area (Å²) >= 11 is 18.6. The van der Waals surface area contributed by atoms with Gasteiger partial charge in [0.1, 0.15) is 0 Å². The average molecular weight is 424 g/mol. The Balaban J connectivity index is 2.44. The third-order valence-corrected chi connectivity index (χ3v) is 4.35. The molecule has 1 amide bonds. The predicted octanol–water partition coefficient (Wildman–Crippen LogP) is 4.70. The topological polar surface area (TPSA) is 98.3 Å². The molecule has 0 bridgehead atoms. The zero-order chi connectivity index (χ0) is 20.0. The van der Waals surface area contributed by atoms with Crippen molar-refractivity contribution in [3.63, 3.8) is 0 Å². The first kappa shape index (κ1) is 20.7.